The minimum Gasteiger partial charge on any atom is -0.327 e. The highest BCUT2D eigenvalue weighted by atomic mass is 79.9. The van der Waals surface area contributed by atoms with Gasteiger partial charge in [-0.1, -0.05) is 61.0 Å². The molecule has 6 nitrogen and oxygen atoms in total. The van der Waals surface area contributed by atoms with Crippen LogP contribution < -0.4 is 5.32 Å². The number of amides is 2. The number of para-hydroxylation sites is 1. The van der Waals surface area contributed by atoms with E-state index in [0.717, 1.165) is 21.4 Å². The van der Waals surface area contributed by atoms with Gasteiger partial charge in [0.05, 0.1) is 11.4 Å². The number of aromatic nitrogens is 2. The molecule has 3 aromatic rings. The molecule has 0 bridgehead atoms. The summed E-state index contributed by atoms with van der Waals surface area (Å²) in [4.78, 5) is 27.8. The first-order valence-electron chi connectivity index (χ1n) is 11.0. The summed E-state index contributed by atoms with van der Waals surface area (Å²) in [5, 5.41) is 7.78. The Bertz CT molecular complexity index is 1160. The van der Waals surface area contributed by atoms with Crippen molar-refractivity contribution in [3.8, 4) is 5.69 Å². The summed E-state index contributed by atoms with van der Waals surface area (Å²) in [6.07, 6.45) is 0. The number of anilines is 1. The van der Waals surface area contributed by atoms with E-state index in [1.165, 1.54) is 0 Å². The van der Waals surface area contributed by atoms with Gasteiger partial charge in [-0.25, -0.2) is 4.68 Å². The molecule has 174 valence electrons. The van der Waals surface area contributed by atoms with Crippen LogP contribution in [0.2, 0.25) is 0 Å². The number of aryl methyl sites for hydroxylation is 1. The number of nitrogens with one attached hydrogen (secondary N) is 1. The van der Waals surface area contributed by atoms with E-state index in [1.807, 2.05) is 63.2 Å². The van der Waals surface area contributed by atoms with E-state index >= 15 is 0 Å². The molecule has 1 N–H and O–H groups in total. The molecule has 0 radical (unpaired) electrons. The Hall–Kier alpha value is -2.93. The van der Waals surface area contributed by atoms with Gasteiger partial charge >= 0.3 is 0 Å². The summed E-state index contributed by atoms with van der Waals surface area (Å²) < 4.78 is 2.59. The molecule has 7 heteroatoms. The van der Waals surface area contributed by atoms with Crippen LogP contribution in [-0.2, 0) is 10.2 Å². The Kier molecular flexibility index (Phi) is 7.42. The molecule has 0 saturated heterocycles. The van der Waals surface area contributed by atoms with E-state index < -0.39 is 0 Å². The highest BCUT2D eigenvalue weighted by Crippen LogP contribution is 2.27. The molecule has 1 aromatic heterocycles. The number of nitrogens with zero attached hydrogens (tertiary/aromatic N) is 3. The van der Waals surface area contributed by atoms with Crippen molar-refractivity contribution in [3.63, 3.8) is 0 Å². The molecular formula is C26H31BrN4O2. The van der Waals surface area contributed by atoms with Crippen molar-refractivity contribution in [1.29, 1.82) is 0 Å². The van der Waals surface area contributed by atoms with Crippen LogP contribution in [0.25, 0.3) is 5.69 Å². The van der Waals surface area contributed by atoms with E-state index in [0.29, 0.717) is 11.4 Å². The maximum atomic E-state index is 13.1. The molecule has 0 fully saturated rings. The molecule has 33 heavy (non-hydrogen) atoms. The second kappa shape index (κ2) is 9.91. The van der Waals surface area contributed by atoms with Crippen molar-refractivity contribution in [2.24, 2.45) is 0 Å². The number of carbonyl (C=O) groups excluding carboxylic acids is 2. The number of carbonyl (C=O) groups is 2. The summed E-state index contributed by atoms with van der Waals surface area (Å²) in [7, 11) is 0. The number of halogens is 1. The second-order valence-corrected chi connectivity index (χ2v) is 10.4. The van der Waals surface area contributed by atoms with Gasteiger partial charge in [-0.05, 0) is 50.6 Å². The SMILES string of the molecule is Cc1ccccc1-n1nc(C(C)(C)C)cc1NC(=O)CN(C(=O)c1cccc(Br)c1)C(C)C. The first-order valence-corrected chi connectivity index (χ1v) is 11.8. The van der Waals surface area contributed by atoms with Crippen LogP contribution in [-0.4, -0.2) is 39.1 Å². The Morgan fingerprint density at radius 1 is 1.09 bits per heavy atom. The molecule has 2 aromatic carbocycles. The molecule has 0 spiro atoms. The molecule has 3 rings (SSSR count). The lowest BCUT2D eigenvalue weighted by atomic mass is 9.92. The summed E-state index contributed by atoms with van der Waals surface area (Å²) in [5.41, 5.74) is 3.16. The fraction of sp³-hybridized carbons (Fsp3) is 0.346. The average molecular weight is 511 g/mol. The predicted octanol–water partition coefficient (Wildman–Crippen LogP) is 5.73. The zero-order valence-corrected chi connectivity index (χ0v) is 21.6. The quantitative estimate of drug-likeness (QED) is 0.460. The molecule has 1 heterocycles. The van der Waals surface area contributed by atoms with Crippen LogP contribution in [0.3, 0.4) is 0 Å². The van der Waals surface area contributed by atoms with Gasteiger partial charge in [0.15, 0.2) is 0 Å². The second-order valence-electron chi connectivity index (χ2n) is 9.45. The van der Waals surface area contributed by atoms with Crippen molar-refractivity contribution in [2.45, 2.75) is 53.0 Å². The highest BCUT2D eigenvalue weighted by molar-refractivity contribution is 9.10. The maximum Gasteiger partial charge on any atom is 0.254 e. The largest absolute Gasteiger partial charge is 0.327 e. The van der Waals surface area contributed by atoms with Crippen LogP contribution in [0.15, 0.2) is 59.1 Å². The fourth-order valence-electron chi connectivity index (χ4n) is 3.43. The number of rotatable bonds is 6. The monoisotopic (exact) mass is 510 g/mol. The van der Waals surface area contributed by atoms with Gasteiger partial charge in [-0.2, -0.15) is 5.10 Å². The number of hydrogen-bond acceptors (Lipinski definition) is 3. The van der Waals surface area contributed by atoms with Gasteiger partial charge in [0.25, 0.3) is 5.91 Å². The van der Waals surface area contributed by atoms with E-state index in [-0.39, 0.29) is 29.8 Å². The maximum absolute atomic E-state index is 13.1. The molecule has 0 atom stereocenters. The van der Waals surface area contributed by atoms with Gasteiger partial charge in [-0.3, -0.25) is 9.59 Å². The lowest BCUT2D eigenvalue weighted by Gasteiger charge is -2.26. The standard InChI is InChI=1S/C26H31BrN4O2/c1-17(2)30(25(33)19-11-9-12-20(27)14-19)16-24(32)28-23-15-22(26(4,5)6)29-31(23)21-13-8-7-10-18(21)3/h7-15,17H,16H2,1-6H3,(H,28,32). The normalized spacial score (nSPS) is 11.5. The summed E-state index contributed by atoms with van der Waals surface area (Å²) in [5.74, 6) is 0.115. The van der Waals surface area contributed by atoms with Gasteiger partial charge in [0.1, 0.15) is 12.4 Å². The lowest BCUT2D eigenvalue weighted by Crippen LogP contribution is -2.42. The smallest absolute Gasteiger partial charge is 0.254 e. The van der Waals surface area contributed by atoms with Crippen molar-refractivity contribution >= 4 is 33.6 Å². The van der Waals surface area contributed by atoms with Gasteiger partial charge < -0.3 is 10.2 Å². The van der Waals surface area contributed by atoms with E-state index in [2.05, 4.69) is 42.0 Å². The van der Waals surface area contributed by atoms with Crippen molar-refractivity contribution < 1.29 is 9.59 Å². The highest BCUT2D eigenvalue weighted by Gasteiger charge is 2.25. The molecule has 0 aliphatic rings. The minimum atomic E-state index is -0.276. The average Bonchev–Trinajstić information content (AvgIpc) is 3.15. The molecule has 2 amide bonds. The van der Waals surface area contributed by atoms with Crippen LogP contribution in [0.5, 0.6) is 0 Å². The third-order valence-electron chi connectivity index (χ3n) is 5.36. The summed E-state index contributed by atoms with van der Waals surface area (Å²) in [6.45, 7) is 12.0. The van der Waals surface area contributed by atoms with Crippen LogP contribution >= 0.6 is 15.9 Å². The van der Waals surface area contributed by atoms with Crippen molar-refractivity contribution in [3.05, 3.63) is 75.9 Å². The lowest BCUT2D eigenvalue weighted by molar-refractivity contribution is -0.117. The van der Waals surface area contributed by atoms with E-state index in [9.17, 15) is 9.59 Å². The fourth-order valence-corrected chi connectivity index (χ4v) is 3.83. The summed E-state index contributed by atoms with van der Waals surface area (Å²) in [6, 6.07) is 16.9. The third kappa shape index (κ3) is 5.90. The van der Waals surface area contributed by atoms with Crippen LogP contribution in [0.1, 0.15) is 56.2 Å². The Balaban J connectivity index is 1.89. The molecule has 0 aliphatic heterocycles. The molecule has 0 aliphatic carbocycles. The van der Waals surface area contributed by atoms with Crippen LogP contribution in [0.4, 0.5) is 5.82 Å². The topological polar surface area (TPSA) is 67.2 Å². The van der Waals surface area contributed by atoms with Gasteiger partial charge in [0.2, 0.25) is 5.91 Å². The van der Waals surface area contributed by atoms with E-state index in [1.54, 1.807) is 21.7 Å². The van der Waals surface area contributed by atoms with Crippen molar-refractivity contribution in [2.75, 3.05) is 11.9 Å². The number of hydrogen-bond donors (Lipinski definition) is 1. The third-order valence-corrected chi connectivity index (χ3v) is 5.85. The first kappa shape index (κ1) is 24.7. The Morgan fingerprint density at radius 3 is 2.39 bits per heavy atom. The van der Waals surface area contributed by atoms with E-state index in [4.69, 9.17) is 5.10 Å². The van der Waals surface area contributed by atoms with Crippen molar-refractivity contribution in [1.82, 2.24) is 14.7 Å². The molecule has 0 saturated carbocycles. The predicted molar refractivity (Wildman–Crippen MR) is 136 cm³/mol. The first-order chi connectivity index (χ1) is 15.5. The minimum absolute atomic E-state index is 0.0627. The van der Waals surface area contributed by atoms with Crippen LogP contribution in [0, 0.1) is 6.92 Å². The Labute approximate surface area is 204 Å². The Morgan fingerprint density at radius 2 is 1.79 bits per heavy atom. The zero-order valence-electron chi connectivity index (χ0n) is 20.0. The van der Waals surface area contributed by atoms with Gasteiger partial charge in [-0.15, -0.1) is 0 Å². The zero-order chi connectivity index (χ0) is 24.3. The summed E-state index contributed by atoms with van der Waals surface area (Å²) >= 11 is 3.41. The molecular weight excluding hydrogens is 480 g/mol. The number of benzene rings is 2. The molecule has 0 unspecified atom stereocenters. The van der Waals surface area contributed by atoms with Gasteiger partial charge in [0, 0.05) is 27.6 Å².